The summed E-state index contributed by atoms with van der Waals surface area (Å²) < 4.78 is 15.2. The number of esters is 1. The number of carbonyl (C=O) groups excluding carboxylic acids is 1. The molecule has 0 aliphatic rings. The number of benzene rings is 1. The van der Waals surface area contributed by atoms with Gasteiger partial charge in [0.05, 0.1) is 31.2 Å². The zero-order valence-electron chi connectivity index (χ0n) is 11.8. The molecule has 1 aromatic carbocycles. The Labute approximate surface area is 122 Å². The lowest BCUT2D eigenvalue weighted by Crippen LogP contribution is -2.07. The highest BCUT2D eigenvalue weighted by molar-refractivity contribution is 5.91. The minimum absolute atomic E-state index is 0.0575. The summed E-state index contributed by atoms with van der Waals surface area (Å²) in [6.45, 7) is 0.0575. The largest absolute Gasteiger partial charge is 0.495 e. The summed E-state index contributed by atoms with van der Waals surface area (Å²) in [4.78, 5) is 16.1. The number of nitrogens with two attached hydrogens (primary N) is 1. The molecule has 0 saturated carbocycles. The fraction of sp³-hybridized carbons (Fsp3) is 0.200. The van der Waals surface area contributed by atoms with Gasteiger partial charge < -0.3 is 19.9 Å². The summed E-state index contributed by atoms with van der Waals surface area (Å²) in [6.07, 6.45) is 0. The number of nitrogens with zero attached hydrogens (tertiary/aromatic N) is 1. The summed E-state index contributed by atoms with van der Waals surface area (Å²) in [6, 6.07) is 9.97. The van der Waals surface area contributed by atoms with E-state index in [1.165, 1.54) is 20.3 Å². The first-order valence-corrected chi connectivity index (χ1v) is 6.24. The second kappa shape index (κ2) is 6.60. The van der Waals surface area contributed by atoms with E-state index < -0.39 is 5.97 Å². The van der Waals surface area contributed by atoms with Crippen LogP contribution in [-0.2, 0) is 11.3 Å². The molecule has 0 aliphatic carbocycles. The van der Waals surface area contributed by atoms with Gasteiger partial charge in [-0.1, -0.05) is 6.07 Å². The Morgan fingerprint density at radius 2 is 2.00 bits per heavy atom. The number of hydrogen-bond donors (Lipinski definition) is 1. The molecule has 0 amide bonds. The molecular weight excluding hydrogens is 272 g/mol. The minimum Gasteiger partial charge on any atom is -0.495 e. The monoisotopic (exact) mass is 288 g/mol. The highest BCUT2D eigenvalue weighted by Gasteiger charge is 2.10. The average Bonchev–Trinajstić information content (AvgIpc) is 2.52. The lowest BCUT2D eigenvalue weighted by molar-refractivity contribution is 0.0467. The molecule has 6 heteroatoms. The molecule has 110 valence electrons. The summed E-state index contributed by atoms with van der Waals surface area (Å²) in [5, 5.41) is 0. The number of aromatic nitrogens is 1. The third-order valence-corrected chi connectivity index (χ3v) is 2.81. The lowest BCUT2D eigenvalue weighted by Gasteiger charge is -2.08. The van der Waals surface area contributed by atoms with Crippen LogP contribution in [0.3, 0.4) is 0 Å². The molecule has 0 radical (unpaired) electrons. The molecular formula is C15H16N2O4. The van der Waals surface area contributed by atoms with Crippen LogP contribution < -0.4 is 15.2 Å². The Hall–Kier alpha value is -2.76. The molecule has 1 heterocycles. The molecule has 0 bridgehead atoms. The van der Waals surface area contributed by atoms with Gasteiger partial charge in [0.25, 0.3) is 0 Å². The summed E-state index contributed by atoms with van der Waals surface area (Å²) in [5.74, 6) is 0.507. The van der Waals surface area contributed by atoms with Crippen molar-refractivity contribution in [3.63, 3.8) is 0 Å². The van der Waals surface area contributed by atoms with E-state index in [1.54, 1.807) is 30.3 Å². The smallest absolute Gasteiger partial charge is 0.338 e. The fourth-order valence-electron chi connectivity index (χ4n) is 1.74. The van der Waals surface area contributed by atoms with Crippen LogP contribution in [0.15, 0.2) is 36.4 Å². The predicted octanol–water partition coefficient (Wildman–Crippen LogP) is 2.04. The molecule has 6 nitrogen and oxygen atoms in total. The maximum absolute atomic E-state index is 11.9. The van der Waals surface area contributed by atoms with Crippen molar-refractivity contribution in [3.05, 3.63) is 47.7 Å². The molecule has 0 atom stereocenters. The topological polar surface area (TPSA) is 83.7 Å². The van der Waals surface area contributed by atoms with Gasteiger partial charge >= 0.3 is 5.97 Å². The SMILES string of the molecule is COc1cccc(COC(=O)c2ccc(OC)c(N)c2)n1. The van der Waals surface area contributed by atoms with Crippen molar-refractivity contribution < 1.29 is 19.0 Å². The van der Waals surface area contributed by atoms with Gasteiger partial charge in [-0.3, -0.25) is 0 Å². The van der Waals surface area contributed by atoms with E-state index in [0.29, 0.717) is 28.6 Å². The number of carbonyl (C=O) groups is 1. The standard InChI is InChI=1S/C15H16N2O4/c1-19-13-7-6-10(8-12(13)16)15(18)21-9-11-4-3-5-14(17-11)20-2/h3-8H,9,16H2,1-2H3. The van der Waals surface area contributed by atoms with E-state index in [4.69, 9.17) is 19.9 Å². The normalized spacial score (nSPS) is 10.0. The van der Waals surface area contributed by atoms with E-state index in [1.807, 2.05) is 0 Å². The van der Waals surface area contributed by atoms with Crippen molar-refractivity contribution >= 4 is 11.7 Å². The van der Waals surface area contributed by atoms with Crippen molar-refractivity contribution in [2.75, 3.05) is 20.0 Å². The van der Waals surface area contributed by atoms with Crippen LogP contribution in [0, 0.1) is 0 Å². The summed E-state index contributed by atoms with van der Waals surface area (Å²) in [5.41, 5.74) is 7.09. The Morgan fingerprint density at radius 3 is 2.67 bits per heavy atom. The number of anilines is 1. The Kier molecular flexibility index (Phi) is 4.61. The predicted molar refractivity (Wildman–Crippen MR) is 77.3 cm³/mol. The van der Waals surface area contributed by atoms with Crippen LogP contribution in [0.2, 0.25) is 0 Å². The summed E-state index contributed by atoms with van der Waals surface area (Å²) in [7, 11) is 3.04. The van der Waals surface area contributed by atoms with Crippen molar-refractivity contribution in [2.45, 2.75) is 6.61 Å². The maximum Gasteiger partial charge on any atom is 0.338 e. The number of pyridine rings is 1. The van der Waals surface area contributed by atoms with Gasteiger partial charge in [-0.2, -0.15) is 0 Å². The van der Waals surface area contributed by atoms with Crippen LogP contribution in [-0.4, -0.2) is 25.2 Å². The zero-order chi connectivity index (χ0) is 15.2. The average molecular weight is 288 g/mol. The number of nitrogen functional groups attached to an aromatic ring is 1. The van der Waals surface area contributed by atoms with Crippen molar-refractivity contribution in [1.29, 1.82) is 0 Å². The quantitative estimate of drug-likeness (QED) is 0.669. The van der Waals surface area contributed by atoms with Crippen molar-refractivity contribution in [2.24, 2.45) is 0 Å². The highest BCUT2D eigenvalue weighted by Crippen LogP contribution is 2.22. The molecule has 21 heavy (non-hydrogen) atoms. The highest BCUT2D eigenvalue weighted by atomic mass is 16.5. The van der Waals surface area contributed by atoms with Crippen molar-refractivity contribution in [3.8, 4) is 11.6 Å². The molecule has 0 saturated heterocycles. The molecule has 2 aromatic rings. The van der Waals surface area contributed by atoms with Gasteiger partial charge in [-0.15, -0.1) is 0 Å². The van der Waals surface area contributed by atoms with Gasteiger partial charge in [0.2, 0.25) is 5.88 Å². The third-order valence-electron chi connectivity index (χ3n) is 2.81. The lowest BCUT2D eigenvalue weighted by atomic mass is 10.2. The van der Waals surface area contributed by atoms with E-state index in [2.05, 4.69) is 4.98 Å². The molecule has 0 fully saturated rings. The first kappa shape index (κ1) is 14.6. The fourth-order valence-corrected chi connectivity index (χ4v) is 1.74. The van der Waals surface area contributed by atoms with Gasteiger partial charge in [0, 0.05) is 6.07 Å². The maximum atomic E-state index is 11.9. The minimum atomic E-state index is -0.478. The van der Waals surface area contributed by atoms with Crippen LogP contribution in [0.4, 0.5) is 5.69 Å². The number of hydrogen-bond acceptors (Lipinski definition) is 6. The van der Waals surface area contributed by atoms with Crippen LogP contribution in [0.1, 0.15) is 16.1 Å². The molecule has 1 aromatic heterocycles. The third kappa shape index (κ3) is 3.62. The molecule has 2 N–H and O–H groups in total. The molecule has 2 rings (SSSR count). The first-order valence-electron chi connectivity index (χ1n) is 6.24. The van der Waals surface area contributed by atoms with Crippen molar-refractivity contribution in [1.82, 2.24) is 4.98 Å². The van der Waals surface area contributed by atoms with E-state index in [0.717, 1.165) is 0 Å². The van der Waals surface area contributed by atoms with Crippen LogP contribution in [0.5, 0.6) is 11.6 Å². The Balaban J connectivity index is 2.02. The van der Waals surface area contributed by atoms with E-state index in [9.17, 15) is 4.79 Å². The molecule has 0 aliphatic heterocycles. The molecule has 0 unspecified atom stereocenters. The zero-order valence-corrected chi connectivity index (χ0v) is 11.8. The molecule has 0 spiro atoms. The van der Waals surface area contributed by atoms with Crippen LogP contribution in [0.25, 0.3) is 0 Å². The number of rotatable bonds is 5. The Bertz CT molecular complexity index is 643. The Morgan fingerprint density at radius 1 is 1.19 bits per heavy atom. The second-order valence-electron chi connectivity index (χ2n) is 4.20. The van der Waals surface area contributed by atoms with Gasteiger partial charge in [0.15, 0.2) is 0 Å². The van der Waals surface area contributed by atoms with E-state index in [-0.39, 0.29) is 6.61 Å². The van der Waals surface area contributed by atoms with Gasteiger partial charge in [-0.25, -0.2) is 9.78 Å². The van der Waals surface area contributed by atoms with E-state index >= 15 is 0 Å². The number of methoxy groups -OCH3 is 2. The first-order chi connectivity index (χ1) is 10.1. The summed E-state index contributed by atoms with van der Waals surface area (Å²) >= 11 is 0. The van der Waals surface area contributed by atoms with Gasteiger partial charge in [0.1, 0.15) is 12.4 Å². The van der Waals surface area contributed by atoms with Gasteiger partial charge in [-0.05, 0) is 24.3 Å². The number of ether oxygens (including phenoxy) is 3. The van der Waals surface area contributed by atoms with Crippen LogP contribution >= 0.6 is 0 Å². The second-order valence-corrected chi connectivity index (χ2v) is 4.20.